The number of hydrogen-bond acceptors (Lipinski definition) is 3. The normalized spacial score (nSPS) is 14.3. The summed E-state index contributed by atoms with van der Waals surface area (Å²) in [7, 11) is 0. The molecule has 0 bridgehead atoms. The third-order valence-electron chi connectivity index (χ3n) is 3.22. The molecule has 0 atom stereocenters. The molecule has 2 N–H and O–H groups in total. The van der Waals surface area contributed by atoms with E-state index in [4.69, 9.17) is 5.11 Å². The fourth-order valence-corrected chi connectivity index (χ4v) is 2.24. The number of hydrogen-bond donors (Lipinski definition) is 2. The molecule has 2 rings (SSSR count). The molecule has 0 fully saturated rings. The summed E-state index contributed by atoms with van der Waals surface area (Å²) in [4.78, 5) is 13.8. The molecule has 18 heavy (non-hydrogen) atoms. The molecule has 1 aromatic rings. The standard InChI is InChI=1S/C14H20N2O2/c17-10-6-2-1-5-9-16-13-8-4-3-7-12(13)15-11-14(16)18/h3-4,7-8,15,17H,1-2,5-6,9-11H2. The van der Waals surface area contributed by atoms with Crippen LogP contribution in [0.3, 0.4) is 0 Å². The first-order valence-corrected chi connectivity index (χ1v) is 6.57. The van der Waals surface area contributed by atoms with E-state index in [0.717, 1.165) is 43.6 Å². The van der Waals surface area contributed by atoms with E-state index < -0.39 is 0 Å². The smallest absolute Gasteiger partial charge is 0.246 e. The van der Waals surface area contributed by atoms with Crippen LogP contribution in [0.2, 0.25) is 0 Å². The van der Waals surface area contributed by atoms with E-state index in [1.54, 1.807) is 0 Å². The van der Waals surface area contributed by atoms with Crippen molar-refractivity contribution >= 4 is 17.3 Å². The SMILES string of the molecule is O=C1CNc2ccccc2N1CCCCCCO. The number of nitrogens with zero attached hydrogens (tertiary/aromatic N) is 1. The molecule has 4 nitrogen and oxygen atoms in total. The van der Waals surface area contributed by atoms with Gasteiger partial charge in [-0.05, 0) is 25.0 Å². The molecule has 1 heterocycles. The summed E-state index contributed by atoms with van der Waals surface area (Å²) in [6.07, 6.45) is 3.92. The summed E-state index contributed by atoms with van der Waals surface area (Å²) in [6.45, 7) is 1.41. The Kier molecular flexibility index (Phi) is 4.59. The molecule has 0 spiro atoms. The lowest BCUT2D eigenvalue weighted by Crippen LogP contribution is -2.40. The largest absolute Gasteiger partial charge is 0.396 e. The average molecular weight is 248 g/mol. The van der Waals surface area contributed by atoms with Crippen molar-refractivity contribution in [2.75, 3.05) is 29.9 Å². The number of para-hydroxylation sites is 2. The summed E-state index contributed by atoms with van der Waals surface area (Å²) in [6, 6.07) is 7.91. The molecule has 4 heteroatoms. The maximum absolute atomic E-state index is 11.9. The number of carbonyl (C=O) groups excluding carboxylic acids is 1. The maximum Gasteiger partial charge on any atom is 0.246 e. The number of rotatable bonds is 6. The van der Waals surface area contributed by atoms with E-state index in [1.807, 2.05) is 29.2 Å². The number of amides is 1. The highest BCUT2D eigenvalue weighted by atomic mass is 16.2. The van der Waals surface area contributed by atoms with E-state index in [-0.39, 0.29) is 12.5 Å². The van der Waals surface area contributed by atoms with Gasteiger partial charge < -0.3 is 15.3 Å². The van der Waals surface area contributed by atoms with Gasteiger partial charge in [-0.25, -0.2) is 0 Å². The van der Waals surface area contributed by atoms with Gasteiger partial charge in [-0.15, -0.1) is 0 Å². The number of unbranched alkanes of at least 4 members (excludes halogenated alkanes) is 3. The van der Waals surface area contributed by atoms with Gasteiger partial charge in [0.1, 0.15) is 0 Å². The zero-order valence-corrected chi connectivity index (χ0v) is 10.6. The molecule has 1 aliphatic heterocycles. The third-order valence-corrected chi connectivity index (χ3v) is 3.22. The lowest BCUT2D eigenvalue weighted by atomic mass is 10.1. The highest BCUT2D eigenvalue weighted by Crippen LogP contribution is 2.29. The van der Waals surface area contributed by atoms with Gasteiger partial charge in [0.25, 0.3) is 0 Å². The van der Waals surface area contributed by atoms with Crippen molar-refractivity contribution in [2.24, 2.45) is 0 Å². The van der Waals surface area contributed by atoms with Gasteiger partial charge in [0.15, 0.2) is 0 Å². The molecular formula is C14H20N2O2. The first-order valence-electron chi connectivity index (χ1n) is 6.57. The van der Waals surface area contributed by atoms with Gasteiger partial charge in [0.05, 0.1) is 17.9 Å². The molecule has 0 aliphatic carbocycles. The Morgan fingerprint density at radius 2 is 1.94 bits per heavy atom. The first kappa shape index (κ1) is 12.9. The van der Waals surface area contributed by atoms with Crippen molar-refractivity contribution in [3.05, 3.63) is 24.3 Å². The van der Waals surface area contributed by atoms with Crippen LogP contribution in [0.1, 0.15) is 25.7 Å². The second-order valence-corrected chi connectivity index (χ2v) is 4.55. The van der Waals surface area contributed by atoms with Crippen molar-refractivity contribution in [1.82, 2.24) is 0 Å². The Balaban J connectivity index is 1.93. The Hall–Kier alpha value is -1.55. The van der Waals surface area contributed by atoms with E-state index in [2.05, 4.69) is 5.32 Å². The summed E-state index contributed by atoms with van der Waals surface area (Å²) in [5.74, 6) is 0.135. The van der Waals surface area contributed by atoms with Crippen molar-refractivity contribution < 1.29 is 9.90 Å². The molecule has 1 aliphatic rings. The molecule has 1 amide bonds. The van der Waals surface area contributed by atoms with Gasteiger partial charge in [-0.3, -0.25) is 4.79 Å². The molecular weight excluding hydrogens is 228 g/mol. The minimum absolute atomic E-state index is 0.135. The summed E-state index contributed by atoms with van der Waals surface area (Å²) < 4.78 is 0. The number of nitrogens with one attached hydrogen (secondary N) is 1. The van der Waals surface area contributed by atoms with Crippen molar-refractivity contribution in [2.45, 2.75) is 25.7 Å². The minimum atomic E-state index is 0.135. The molecule has 98 valence electrons. The highest BCUT2D eigenvalue weighted by Gasteiger charge is 2.22. The fraction of sp³-hybridized carbons (Fsp3) is 0.500. The zero-order valence-electron chi connectivity index (χ0n) is 10.6. The Morgan fingerprint density at radius 3 is 2.78 bits per heavy atom. The maximum atomic E-state index is 11.9. The second kappa shape index (κ2) is 6.40. The fourth-order valence-electron chi connectivity index (χ4n) is 2.24. The second-order valence-electron chi connectivity index (χ2n) is 4.55. The van der Waals surface area contributed by atoms with E-state index >= 15 is 0 Å². The van der Waals surface area contributed by atoms with E-state index in [1.165, 1.54) is 0 Å². The number of carbonyl (C=O) groups is 1. The first-order chi connectivity index (χ1) is 8.83. The quantitative estimate of drug-likeness (QED) is 0.757. The van der Waals surface area contributed by atoms with Crippen LogP contribution >= 0.6 is 0 Å². The molecule has 0 aromatic heterocycles. The Morgan fingerprint density at radius 1 is 1.17 bits per heavy atom. The van der Waals surface area contributed by atoms with Crippen molar-refractivity contribution in [3.8, 4) is 0 Å². The van der Waals surface area contributed by atoms with Crippen molar-refractivity contribution in [3.63, 3.8) is 0 Å². The van der Waals surface area contributed by atoms with Crippen molar-refractivity contribution in [1.29, 1.82) is 0 Å². The van der Waals surface area contributed by atoms with Crippen LogP contribution in [0.4, 0.5) is 11.4 Å². The predicted octanol–water partition coefficient (Wildman–Crippen LogP) is 2.00. The lowest BCUT2D eigenvalue weighted by molar-refractivity contribution is -0.117. The van der Waals surface area contributed by atoms with Crippen LogP contribution < -0.4 is 10.2 Å². The molecule has 0 saturated carbocycles. The highest BCUT2D eigenvalue weighted by molar-refractivity contribution is 6.02. The molecule has 0 saturated heterocycles. The van der Waals surface area contributed by atoms with Crippen LogP contribution in [-0.4, -0.2) is 30.7 Å². The molecule has 0 radical (unpaired) electrons. The summed E-state index contributed by atoms with van der Waals surface area (Å²) in [5, 5.41) is 11.8. The number of aliphatic hydroxyl groups excluding tert-OH is 1. The van der Waals surface area contributed by atoms with Gasteiger partial charge >= 0.3 is 0 Å². The van der Waals surface area contributed by atoms with Gasteiger partial charge in [0, 0.05) is 13.2 Å². The Bertz CT molecular complexity index is 407. The third kappa shape index (κ3) is 3.01. The van der Waals surface area contributed by atoms with Gasteiger partial charge in [0.2, 0.25) is 5.91 Å². The predicted molar refractivity (Wildman–Crippen MR) is 72.8 cm³/mol. The van der Waals surface area contributed by atoms with Crippen LogP contribution in [-0.2, 0) is 4.79 Å². The van der Waals surface area contributed by atoms with Crippen LogP contribution in [0.5, 0.6) is 0 Å². The van der Waals surface area contributed by atoms with E-state index in [0.29, 0.717) is 6.54 Å². The molecule has 0 unspecified atom stereocenters. The number of fused-ring (bicyclic) bond motifs is 1. The monoisotopic (exact) mass is 248 g/mol. The minimum Gasteiger partial charge on any atom is -0.396 e. The van der Waals surface area contributed by atoms with E-state index in [9.17, 15) is 4.79 Å². The van der Waals surface area contributed by atoms with Gasteiger partial charge in [-0.1, -0.05) is 25.0 Å². The molecule has 1 aromatic carbocycles. The van der Waals surface area contributed by atoms with Crippen LogP contribution in [0.15, 0.2) is 24.3 Å². The Labute approximate surface area is 108 Å². The lowest BCUT2D eigenvalue weighted by Gasteiger charge is -2.30. The topological polar surface area (TPSA) is 52.6 Å². The number of benzene rings is 1. The van der Waals surface area contributed by atoms with Crippen LogP contribution in [0.25, 0.3) is 0 Å². The van der Waals surface area contributed by atoms with Gasteiger partial charge in [-0.2, -0.15) is 0 Å². The number of aliphatic hydroxyl groups is 1. The zero-order chi connectivity index (χ0) is 12.8. The van der Waals surface area contributed by atoms with Crippen LogP contribution in [0, 0.1) is 0 Å². The summed E-state index contributed by atoms with van der Waals surface area (Å²) >= 11 is 0. The summed E-state index contributed by atoms with van der Waals surface area (Å²) in [5.41, 5.74) is 2.02. The average Bonchev–Trinajstić information content (AvgIpc) is 2.41. The number of anilines is 2.